The first-order chi connectivity index (χ1) is 13.5. The van der Waals surface area contributed by atoms with E-state index in [0.29, 0.717) is 17.1 Å². The number of carbonyl (C=O) groups is 1. The van der Waals surface area contributed by atoms with Crippen molar-refractivity contribution in [2.24, 2.45) is 0 Å². The molecule has 1 heterocycles. The summed E-state index contributed by atoms with van der Waals surface area (Å²) in [6.45, 7) is 3.96. The lowest BCUT2D eigenvalue weighted by molar-refractivity contribution is 0.0602. The minimum absolute atomic E-state index is 0.117. The van der Waals surface area contributed by atoms with Gasteiger partial charge in [0.2, 0.25) is 5.95 Å². The third kappa shape index (κ3) is 4.94. The van der Waals surface area contributed by atoms with E-state index in [1.165, 1.54) is 13.3 Å². The number of para-hydroxylation sites is 1. The van der Waals surface area contributed by atoms with Crippen LogP contribution in [0.4, 0.5) is 23.1 Å². The van der Waals surface area contributed by atoms with Crippen LogP contribution in [0.1, 0.15) is 24.2 Å². The van der Waals surface area contributed by atoms with Crippen molar-refractivity contribution >= 4 is 29.1 Å². The molecule has 2 aromatic carbocycles. The average molecular weight is 379 g/mol. The smallest absolute Gasteiger partial charge is 0.339 e. The van der Waals surface area contributed by atoms with Gasteiger partial charge >= 0.3 is 5.97 Å². The molecule has 3 rings (SSSR count). The summed E-state index contributed by atoms with van der Waals surface area (Å²) in [6.07, 6.45) is 1.63. The van der Waals surface area contributed by atoms with E-state index in [0.717, 1.165) is 11.4 Å². The molecular formula is C20H21N5O3. The lowest BCUT2D eigenvalue weighted by Gasteiger charge is -2.11. The Balaban J connectivity index is 1.74. The normalized spacial score (nSPS) is 10.4. The van der Waals surface area contributed by atoms with Crippen LogP contribution in [0.2, 0.25) is 0 Å². The number of hydrogen-bond donors (Lipinski definition) is 2. The van der Waals surface area contributed by atoms with Gasteiger partial charge in [0.1, 0.15) is 5.75 Å². The molecule has 144 valence electrons. The van der Waals surface area contributed by atoms with Gasteiger partial charge in [-0.15, -0.1) is 5.10 Å². The number of ether oxygens (including phenoxy) is 2. The molecule has 1 aromatic heterocycles. The fraction of sp³-hybridized carbons (Fsp3) is 0.200. The molecule has 0 atom stereocenters. The Bertz CT molecular complexity index is 945. The van der Waals surface area contributed by atoms with Crippen LogP contribution in [0.5, 0.6) is 5.75 Å². The molecule has 0 aliphatic carbocycles. The van der Waals surface area contributed by atoms with Gasteiger partial charge in [-0.25, -0.2) is 4.79 Å². The minimum Gasteiger partial charge on any atom is -0.491 e. The Kier molecular flexibility index (Phi) is 6.01. The van der Waals surface area contributed by atoms with Crippen LogP contribution in [-0.4, -0.2) is 34.4 Å². The van der Waals surface area contributed by atoms with Crippen LogP contribution in [0.3, 0.4) is 0 Å². The zero-order chi connectivity index (χ0) is 19.9. The van der Waals surface area contributed by atoms with Crippen molar-refractivity contribution in [2.45, 2.75) is 20.0 Å². The van der Waals surface area contributed by atoms with Crippen molar-refractivity contribution < 1.29 is 14.3 Å². The number of aromatic nitrogens is 3. The van der Waals surface area contributed by atoms with Gasteiger partial charge in [0, 0.05) is 5.69 Å². The molecule has 0 fully saturated rings. The second-order valence-electron chi connectivity index (χ2n) is 6.14. The Morgan fingerprint density at radius 2 is 1.79 bits per heavy atom. The number of nitrogens with zero attached hydrogens (tertiary/aromatic N) is 3. The van der Waals surface area contributed by atoms with Gasteiger partial charge < -0.3 is 20.1 Å². The molecule has 0 aliphatic heterocycles. The van der Waals surface area contributed by atoms with Crippen molar-refractivity contribution in [1.82, 2.24) is 15.2 Å². The molecule has 2 N–H and O–H groups in total. The molecule has 0 amide bonds. The maximum absolute atomic E-state index is 11.9. The summed E-state index contributed by atoms with van der Waals surface area (Å²) in [6, 6.07) is 14.5. The van der Waals surface area contributed by atoms with Crippen LogP contribution in [0.15, 0.2) is 54.7 Å². The van der Waals surface area contributed by atoms with Crippen LogP contribution < -0.4 is 15.4 Å². The summed E-state index contributed by atoms with van der Waals surface area (Å²) in [7, 11) is 1.33. The second kappa shape index (κ2) is 8.81. The third-order valence-corrected chi connectivity index (χ3v) is 3.64. The number of rotatable bonds is 7. The maximum atomic E-state index is 11.9. The molecule has 0 unspecified atom stereocenters. The van der Waals surface area contributed by atoms with E-state index in [9.17, 15) is 4.79 Å². The molecule has 28 heavy (non-hydrogen) atoms. The Morgan fingerprint density at radius 3 is 2.50 bits per heavy atom. The molecular weight excluding hydrogens is 358 g/mol. The number of esters is 1. The topological polar surface area (TPSA) is 98.3 Å². The quantitative estimate of drug-likeness (QED) is 0.596. The van der Waals surface area contributed by atoms with E-state index in [-0.39, 0.29) is 12.1 Å². The van der Waals surface area contributed by atoms with Gasteiger partial charge in [0.05, 0.1) is 30.7 Å². The Hall–Kier alpha value is -3.68. The minimum atomic E-state index is -0.450. The first-order valence-corrected chi connectivity index (χ1v) is 8.73. The number of nitrogens with one attached hydrogen (secondary N) is 2. The molecule has 0 radical (unpaired) electrons. The molecule has 8 nitrogen and oxygen atoms in total. The van der Waals surface area contributed by atoms with Crippen molar-refractivity contribution in [3.8, 4) is 5.75 Å². The van der Waals surface area contributed by atoms with E-state index < -0.39 is 5.97 Å². The molecule has 0 spiro atoms. The fourth-order valence-electron chi connectivity index (χ4n) is 2.45. The van der Waals surface area contributed by atoms with Crippen LogP contribution in [0.25, 0.3) is 0 Å². The summed E-state index contributed by atoms with van der Waals surface area (Å²) in [5.41, 5.74) is 1.74. The third-order valence-electron chi connectivity index (χ3n) is 3.64. The molecule has 3 aromatic rings. The largest absolute Gasteiger partial charge is 0.491 e. The number of methoxy groups -OCH3 is 1. The van der Waals surface area contributed by atoms with Gasteiger partial charge in [-0.3, -0.25) is 0 Å². The van der Waals surface area contributed by atoms with Crippen molar-refractivity contribution in [3.05, 3.63) is 60.3 Å². The van der Waals surface area contributed by atoms with E-state index in [1.54, 1.807) is 24.3 Å². The van der Waals surface area contributed by atoms with Gasteiger partial charge in [-0.1, -0.05) is 12.1 Å². The van der Waals surface area contributed by atoms with Gasteiger partial charge in [0.25, 0.3) is 0 Å². The highest BCUT2D eigenvalue weighted by molar-refractivity contribution is 5.96. The van der Waals surface area contributed by atoms with Crippen molar-refractivity contribution in [3.63, 3.8) is 0 Å². The monoisotopic (exact) mass is 379 g/mol. The number of anilines is 4. The standard InChI is InChI=1S/C20H21N5O3/c1-13(2)28-15-10-8-14(9-11-15)22-18-12-21-25-20(24-18)23-17-7-5-4-6-16(17)19(26)27-3/h4-13H,1-3H3,(H2,22,23,24,25). The summed E-state index contributed by atoms with van der Waals surface area (Å²) >= 11 is 0. The number of hydrogen-bond acceptors (Lipinski definition) is 8. The predicted octanol–water partition coefficient (Wildman–Crippen LogP) is 3.93. The first-order valence-electron chi connectivity index (χ1n) is 8.73. The number of carbonyl (C=O) groups excluding carboxylic acids is 1. The van der Waals surface area contributed by atoms with E-state index in [2.05, 4.69) is 25.8 Å². The average Bonchev–Trinajstić information content (AvgIpc) is 2.69. The Morgan fingerprint density at radius 1 is 1.04 bits per heavy atom. The first kappa shape index (κ1) is 19.1. The predicted molar refractivity (Wildman–Crippen MR) is 106 cm³/mol. The lowest BCUT2D eigenvalue weighted by atomic mass is 10.2. The summed E-state index contributed by atoms with van der Waals surface area (Å²) in [4.78, 5) is 16.3. The highest BCUT2D eigenvalue weighted by atomic mass is 16.5. The molecule has 8 heteroatoms. The summed E-state index contributed by atoms with van der Waals surface area (Å²) in [5.74, 6) is 1.10. The molecule has 0 saturated carbocycles. The zero-order valence-electron chi connectivity index (χ0n) is 15.8. The number of benzene rings is 2. The van der Waals surface area contributed by atoms with Crippen LogP contribution >= 0.6 is 0 Å². The molecule has 0 aliphatic rings. The highest BCUT2D eigenvalue weighted by Crippen LogP contribution is 2.22. The SMILES string of the molecule is COC(=O)c1ccccc1Nc1nncc(Nc2ccc(OC(C)C)cc2)n1. The summed E-state index contributed by atoms with van der Waals surface area (Å²) < 4.78 is 10.4. The second-order valence-corrected chi connectivity index (χ2v) is 6.14. The molecule has 0 bridgehead atoms. The van der Waals surface area contributed by atoms with Gasteiger partial charge in [-0.05, 0) is 50.2 Å². The fourth-order valence-corrected chi connectivity index (χ4v) is 2.45. The van der Waals surface area contributed by atoms with Crippen LogP contribution in [0, 0.1) is 0 Å². The highest BCUT2D eigenvalue weighted by Gasteiger charge is 2.12. The lowest BCUT2D eigenvalue weighted by Crippen LogP contribution is -2.08. The zero-order valence-corrected chi connectivity index (χ0v) is 15.8. The van der Waals surface area contributed by atoms with Gasteiger partial charge in [0.15, 0.2) is 5.82 Å². The van der Waals surface area contributed by atoms with Crippen LogP contribution in [-0.2, 0) is 4.74 Å². The van der Waals surface area contributed by atoms with E-state index >= 15 is 0 Å². The van der Waals surface area contributed by atoms with Crippen molar-refractivity contribution in [2.75, 3.05) is 17.7 Å². The summed E-state index contributed by atoms with van der Waals surface area (Å²) in [5, 5.41) is 14.1. The van der Waals surface area contributed by atoms with E-state index in [4.69, 9.17) is 9.47 Å². The van der Waals surface area contributed by atoms with Gasteiger partial charge in [-0.2, -0.15) is 10.1 Å². The maximum Gasteiger partial charge on any atom is 0.339 e. The van der Waals surface area contributed by atoms with E-state index in [1.807, 2.05) is 38.1 Å². The Labute approximate surface area is 162 Å². The van der Waals surface area contributed by atoms with Crippen molar-refractivity contribution in [1.29, 1.82) is 0 Å². The molecule has 0 saturated heterocycles.